The number of pyridine rings is 1. The molecule has 0 saturated carbocycles. The molecule has 150 valence electrons. The molecular weight excluding hydrogens is 390 g/mol. The van der Waals surface area contributed by atoms with Crippen LogP contribution in [0.2, 0.25) is 0 Å². The molecule has 0 unspecified atom stereocenters. The predicted octanol–water partition coefficient (Wildman–Crippen LogP) is 0.970. The number of benzene rings is 1. The maximum atomic E-state index is 12.6. The number of carbonyl (C=O) groups is 1. The first-order valence-electron chi connectivity index (χ1n) is 8.67. The van der Waals surface area contributed by atoms with Crippen LogP contribution >= 0.6 is 0 Å². The first-order valence-corrected chi connectivity index (χ1v) is 8.67. The second-order valence-electron chi connectivity index (χ2n) is 5.83. The maximum Gasteiger partial charge on any atom is 0.293 e. The second-order valence-corrected chi connectivity index (χ2v) is 5.83. The Balaban J connectivity index is 1.58. The summed E-state index contributed by atoms with van der Waals surface area (Å²) in [6.45, 7) is -0.0456. The number of nitrogens with one attached hydrogen (secondary N) is 1. The Bertz CT molecular complexity index is 1160. The van der Waals surface area contributed by atoms with Crippen molar-refractivity contribution in [2.45, 2.75) is 6.61 Å². The summed E-state index contributed by atoms with van der Waals surface area (Å²) in [4.78, 5) is 16.7. The summed E-state index contributed by atoms with van der Waals surface area (Å²) in [6.07, 6.45) is 3.02. The molecule has 12 heteroatoms. The van der Waals surface area contributed by atoms with Gasteiger partial charge in [-0.15, -0.1) is 5.10 Å². The Hall–Kier alpha value is -4.61. The first kappa shape index (κ1) is 18.7. The Kier molecular flexibility index (Phi) is 5.37. The van der Waals surface area contributed by atoms with Gasteiger partial charge in [-0.25, -0.2) is 10.1 Å². The van der Waals surface area contributed by atoms with Crippen LogP contribution in [0.3, 0.4) is 0 Å². The highest BCUT2D eigenvalue weighted by molar-refractivity contribution is 5.94. The van der Waals surface area contributed by atoms with Crippen molar-refractivity contribution in [3.05, 3.63) is 71.8 Å². The monoisotopic (exact) mass is 405 g/mol. The van der Waals surface area contributed by atoms with E-state index in [-0.39, 0.29) is 29.6 Å². The molecule has 0 fully saturated rings. The highest BCUT2D eigenvalue weighted by atomic mass is 16.6. The number of anilines is 1. The van der Waals surface area contributed by atoms with Gasteiger partial charge >= 0.3 is 0 Å². The highest BCUT2D eigenvalue weighted by Crippen LogP contribution is 2.18. The molecule has 4 aromatic rings. The van der Waals surface area contributed by atoms with Crippen molar-refractivity contribution < 1.29 is 14.2 Å². The number of carbonyl (C=O) groups excluding carboxylic acids is 1. The van der Waals surface area contributed by atoms with Crippen molar-refractivity contribution >= 4 is 17.9 Å². The topological polar surface area (TPSA) is 159 Å². The number of nitrogen functional groups attached to an aromatic ring is 1. The third kappa shape index (κ3) is 4.11. The molecule has 12 nitrogen and oxygen atoms in total. The summed E-state index contributed by atoms with van der Waals surface area (Å²) in [5, 5.41) is 19.0. The van der Waals surface area contributed by atoms with Gasteiger partial charge in [-0.2, -0.15) is 9.78 Å². The minimum Gasteiger partial charge on any atom is -0.487 e. The molecule has 0 aliphatic rings. The molecule has 0 atom stereocenters. The van der Waals surface area contributed by atoms with E-state index in [0.29, 0.717) is 11.4 Å². The van der Waals surface area contributed by atoms with Crippen molar-refractivity contribution in [2.75, 3.05) is 5.73 Å². The highest BCUT2D eigenvalue weighted by Gasteiger charge is 2.24. The number of rotatable bonds is 7. The smallest absolute Gasteiger partial charge is 0.293 e. The summed E-state index contributed by atoms with van der Waals surface area (Å²) in [7, 11) is 0. The Labute approximate surface area is 169 Å². The van der Waals surface area contributed by atoms with Crippen molar-refractivity contribution in [3.8, 4) is 11.6 Å². The molecule has 0 aliphatic carbocycles. The molecule has 3 aromatic heterocycles. The molecule has 30 heavy (non-hydrogen) atoms. The Morgan fingerprint density at radius 3 is 2.77 bits per heavy atom. The van der Waals surface area contributed by atoms with E-state index in [2.05, 4.69) is 40.8 Å². The first-order chi connectivity index (χ1) is 14.7. The van der Waals surface area contributed by atoms with Gasteiger partial charge in [0, 0.05) is 6.20 Å². The minimum atomic E-state index is -0.602. The van der Waals surface area contributed by atoms with Crippen LogP contribution in [0, 0.1) is 0 Å². The standard InChI is InChI=1S/C18H15N9O3/c19-16-17(25-30-24-16)27-14(11-29-13-7-2-1-3-8-13)15(22-26-27)18(28)23-21-10-12-6-4-5-9-20-12/h1-10H,11H2,(H2,19,24)(H,23,28). The number of amides is 1. The molecule has 0 bridgehead atoms. The fourth-order valence-electron chi connectivity index (χ4n) is 2.45. The quantitative estimate of drug-likeness (QED) is 0.337. The zero-order valence-electron chi connectivity index (χ0n) is 15.4. The van der Waals surface area contributed by atoms with Crippen LogP contribution < -0.4 is 15.9 Å². The van der Waals surface area contributed by atoms with Gasteiger partial charge in [0.1, 0.15) is 18.1 Å². The molecular formula is C18H15N9O3. The predicted molar refractivity (Wildman–Crippen MR) is 104 cm³/mol. The second kappa shape index (κ2) is 8.60. The number of nitrogens with two attached hydrogens (primary N) is 1. The van der Waals surface area contributed by atoms with Gasteiger partial charge in [-0.05, 0) is 34.6 Å². The van der Waals surface area contributed by atoms with Gasteiger partial charge < -0.3 is 10.5 Å². The van der Waals surface area contributed by atoms with Crippen LogP contribution in [0.5, 0.6) is 5.75 Å². The molecule has 3 N–H and O–H groups in total. The zero-order chi connectivity index (χ0) is 20.8. The van der Waals surface area contributed by atoms with Gasteiger partial charge in [0.25, 0.3) is 5.91 Å². The number of ether oxygens (including phenoxy) is 1. The summed E-state index contributed by atoms with van der Waals surface area (Å²) >= 11 is 0. The fraction of sp³-hybridized carbons (Fsp3) is 0.0556. The average Bonchev–Trinajstić information content (AvgIpc) is 3.39. The molecule has 0 aliphatic heterocycles. The van der Waals surface area contributed by atoms with Gasteiger partial charge in [0.2, 0.25) is 11.6 Å². The van der Waals surface area contributed by atoms with Crippen LogP contribution in [-0.2, 0) is 6.61 Å². The molecule has 4 rings (SSSR count). The van der Waals surface area contributed by atoms with Crippen LogP contribution in [0.1, 0.15) is 21.9 Å². The zero-order valence-corrected chi connectivity index (χ0v) is 15.4. The van der Waals surface area contributed by atoms with Crippen LogP contribution in [0.15, 0.2) is 64.5 Å². The van der Waals surface area contributed by atoms with E-state index >= 15 is 0 Å². The van der Waals surface area contributed by atoms with Crippen molar-refractivity contribution in [1.82, 2.24) is 35.7 Å². The summed E-state index contributed by atoms with van der Waals surface area (Å²) < 4.78 is 11.6. The van der Waals surface area contributed by atoms with Crippen molar-refractivity contribution in [2.24, 2.45) is 5.10 Å². The third-order valence-electron chi connectivity index (χ3n) is 3.84. The molecule has 0 radical (unpaired) electrons. The van der Waals surface area contributed by atoms with E-state index < -0.39 is 5.91 Å². The molecule has 1 aromatic carbocycles. The van der Waals surface area contributed by atoms with Crippen LogP contribution in [-0.4, -0.2) is 42.4 Å². The third-order valence-corrected chi connectivity index (χ3v) is 3.84. The maximum absolute atomic E-state index is 12.6. The van der Waals surface area contributed by atoms with E-state index in [9.17, 15) is 4.79 Å². The lowest BCUT2D eigenvalue weighted by atomic mass is 10.3. The van der Waals surface area contributed by atoms with Gasteiger partial charge in [0.05, 0.1) is 11.9 Å². The normalized spacial score (nSPS) is 10.9. The summed E-state index contributed by atoms with van der Waals surface area (Å²) in [6, 6.07) is 14.4. The summed E-state index contributed by atoms with van der Waals surface area (Å²) in [5.41, 5.74) is 8.98. The van der Waals surface area contributed by atoms with Gasteiger partial charge in [-0.1, -0.05) is 29.5 Å². The number of hydrazone groups is 1. The van der Waals surface area contributed by atoms with Gasteiger partial charge in [0.15, 0.2) is 5.69 Å². The van der Waals surface area contributed by atoms with Crippen molar-refractivity contribution in [1.29, 1.82) is 0 Å². The van der Waals surface area contributed by atoms with E-state index in [1.807, 2.05) is 18.2 Å². The van der Waals surface area contributed by atoms with Gasteiger partial charge in [-0.3, -0.25) is 9.78 Å². The number of hydrogen-bond donors (Lipinski definition) is 2. The molecule has 3 heterocycles. The lowest BCUT2D eigenvalue weighted by Gasteiger charge is -2.08. The fourth-order valence-corrected chi connectivity index (χ4v) is 2.45. The van der Waals surface area contributed by atoms with E-state index in [0.717, 1.165) is 0 Å². The number of hydrogen-bond acceptors (Lipinski definition) is 10. The SMILES string of the molecule is Nc1nonc1-n1nnc(C(=O)NN=Cc2ccccn2)c1COc1ccccc1. The number of para-hydroxylation sites is 1. The largest absolute Gasteiger partial charge is 0.487 e. The van der Waals surface area contributed by atoms with Crippen LogP contribution in [0.4, 0.5) is 5.82 Å². The summed E-state index contributed by atoms with van der Waals surface area (Å²) in [5.74, 6) is 0.0670. The van der Waals surface area contributed by atoms with E-state index in [4.69, 9.17) is 10.5 Å². The molecule has 0 spiro atoms. The minimum absolute atomic E-state index is 0.0130. The lowest BCUT2D eigenvalue weighted by Crippen LogP contribution is -2.21. The Morgan fingerprint density at radius 2 is 2.03 bits per heavy atom. The van der Waals surface area contributed by atoms with E-state index in [1.54, 1.807) is 36.5 Å². The Morgan fingerprint density at radius 1 is 1.20 bits per heavy atom. The number of nitrogens with zero attached hydrogens (tertiary/aromatic N) is 7. The van der Waals surface area contributed by atoms with Crippen molar-refractivity contribution in [3.63, 3.8) is 0 Å². The average molecular weight is 405 g/mol. The lowest BCUT2D eigenvalue weighted by molar-refractivity contribution is 0.0947. The molecule has 1 amide bonds. The number of aromatic nitrogens is 6. The van der Waals surface area contributed by atoms with E-state index in [1.165, 1.54) is 10.9 Å². The van der Waals surface area contributed by atoms with Crippen LogP contribution in [0.25, 0.3) is 5.82 Å². The molecule has 0 saturated heterocycles.